The number of nitrogens with two attached hydrogens (primary N) is 1. The standard InChI is InChI=1S/C14H23N3O/c1-12(2)17(9-8-14(15)16)10-11-18-13-6-4-3-5-7-13/h3-7,12H,8-11H2,1-2H3,(H3,15,16). The van der Waals surface area contributed by atoms with Gasteiger partial charge in [-0.15, -0.1) is 0 Å². The van der Waals surface area contributed by atoms with Gasteiger partial charge in [0, 0.05) is 25.6 Å². The third kappa shape index (κ3) is 5.68. The highest BCUT2D eigenvalue weighted by molar-refractivity contribution is 5.76. The largest absolute Gasteiger partial charge is 0.492 e. The van der Waals surface area contributed by atoms with E-state index in [1.807, 2.05) is 30.3 Å². The minimum Gasteiger partial charge on any atom is -0.492 e. The molecule has 0 spiro atoms. The van der Waals surface area contributed by atoms with Crippen LogP contribution in [0.5, 0.6) is 5.75 Å². The van der Waals surface area contributed by atoms with Gasteiger partial charge in [0.25, 0.3) is 0 Å². The van der Waals surface area contributed by atoms with Crippen LogP contribution in [0.25, 0.3) is 0 Å². The lowest BCUT2D eigenvalue weighted by Crippen LogP contribution is -2.36. The molecule has 0 atom stereocenters. The summed E-state index contributed by atoms with van der Waals surface area (Å²) in [5, 5.41) is 7.26. The van der Waals surface area contributed by atoms with E-state index < -0.39 is 0 Å². The molecule has 0 aliphatic heterocycles. The Bertz CT molecular complexity index is 351. The van der Waals surface area contributed by atoms with Gasteiger partial charge in [-0.2, -0.15) is 0 Å². The van der Waals surface area contributed by atoms with E-state index in [0.29, 0.717) is 19.1 Å². The third-order valence-corrected chi connectivity index (χ3v) is 2.79. The lowest BCUT2D eigenvalue weighted by molar-refractivity contribution is 0.180. The third-order valence-electron chi connectivity index (χ3n) is 2.79. The SMILES string of the molecule is CC(C)N(CCOc1ccccc1)CCC(=N)N. The van der Waals surface area contributed by atoms with E-state index in [4.69, 9.17) is 15.9 Å². The van der Waals surface area contributed by atoms with Gasteiger partial charge in [-0.3, -0.25) is 10.3 Å². The van der Waals surface area contributed by atoms with Crippen molar-refractivity contribution in [2.24, 2.45) is 5.73 Å². The van der Waals surface area contributed by atoms with Crippen molar-refractivity contribution in [1.29, 1.82) is 5.41 Å². The maximum Gasteiger partial charge on any atom is 0.119 e. The molecule has 0 unspecified atom stereocenters. The molecule has 4 heteroatoms. The highest BCUT2D eigenvalue weighted by Gasteiger charge is 2.09. The van der Waals surface area contributed by atoms with Gasteiger partial charge in [-0.05, 0) is 26.0 Å². The van der Waals surface area contributed by atoms with Crippen LogP contribution in [0.4, 0.5) is 0 Å². The van der Waals surface area contributed by atoms with Crippen LogP contribution >= 0.6 is 0 Å². The number of nitrogens with one attached hydrogen (secondary N) is 1. The van der Waals surface area contributed by atoms with E-state index in [2.05, 4.69) is 18.7 Å². The summed E-state index contributed by atoms with van der Waals surface area (Å²) in [4.78, 5) is 2.27. The van der Waals surface area contributed by atoms with Crippen LogP contribution in [0.3, 0.4) is 0 Å². The minimum atomic E-state index is 0.240. The Hall–Kier alpha value is -1.55. The van der Waals surface area contributed by atoms with Crippen LogP contribution < -0.4 is 10.5 Å². The normalized spacial score (nSPS) is 10.9. The van der Waals surface area contributed by atoms with Crippen molar-refractivity contribution in [2.45, 2.75) is 26.3 Å². The average molecular weight is 249 g/mol. The molecule has 0 aromatic heterocycles. The first kappa shape index (κ1) is 14.5. The maximum atomic E-state index is 7.26. The van der Waals surface area contributed by atoms with E-state index in [1.165, 1.54) is 0 Å². The lowest BCUT2D eigenvalue weighted by Gasteiger charge is -2.26. The molecule has 0 amide bonds. The number of amidine groups is 1. The molecule has 3 N–H and O–H groups in total. The van der Waals surface area contributed by atoms with Gasteiger partial charge in [0.2, 0.25) is 0 Å². The molecule has 1 aromatic carbocycles. The second-order valence-corrected chi connectivity index (χ2v) is 4.57. The predicted octanol–water partition coefficient (Wildman–Crippen LogP) is 2.10. The fourth-order valence-electron chi connectivity index (χ4n) is 1.69. The monoisotopic (exact) mass is 249 g/mol. The van der Waals surface area contributed by atoms with Gasteiger partial charge in [0.1, 0.15) is 12.4 Å². The number of ether oxygens (including phenoxy) is 1. The highest BCUT2D eigenvalue weighted by Crippen LogP contribution is 2.08. The Balaban J connectivity index is 2.31. The van der Waals surface area contributed by atoms with E-state index in [1.54, 1.807) is 0 Å². The first-order valence-electron chi connectivity index (χ1n) is 6.34. The minimum absolute atomic E-state index is 0.240. The summed E-state index contributed by atoms with van der Waals surface area (Å²) in [5.41, 5.74) is 5.39. The second-order valence-electron chi connectivity index (χ2n) is 4.57. The van der Waals surface area contributed by atoms with Crippen molar-refractivity contribution in [3.05, 3.63) is 30.3 Å². The summed E-state index contributed by atoms with van der Waals surface area (Å²) in [6.07, 6.45) is 0.615. The first-order chi connectivity index (χ1) is 8.59. The number of hydrogen-bond donors (Lipinski definition) is 2. The molecule has 0 radical (unpaired) electrons. The topological polar surface area (TPSA) is 62.3 Å². The van der Waals surface area contributed by atoms with Crippen molar-refractivity contribution >= 4 is 5.84 Å². The summed E-state index contributed by atoms with van der Waals surface area (Å²) < 4.78 is 5.67. The van der Waals surface area contributed by atoms with Crippen LogP contribution in [0.15, 0.2) is 30.3 Å². The van der Waals surface area contributed by atoms with E-state index in [-0.39, 0.29) is 5.84 Å². The summed E-state index contributed by atoms with van der Waals surface area (Å²) in [7, 11) is 0. The second kappa shape index (κ2) is 7.71. The number of benzene rings is 1. The Morgan fingerprint density at radius 1 is 1.28 bits per heavy atom. The molecule has 4 nitrogen and oxygen atoms in total. The molecule has 0 fully saturated rings. The Labute approximate surface area is 109 Å². The van der Waals surface area contributed by atoms with Gasteiger partial charge >= 0.3 is 0 Å². The van der Waals surface area contributed by atoms with Crippen molar-refractivity contribution in [3.63, 3.8) is 0 Å². The maximum absolute atomic E-state index is 7.26. The lowest BCUT2D eigenvalue weighted by atomic mass is 10.2. The Kier molecular flexibility index (Phi) is 6.22. The zero-order chi connectivity index (χ0) is 13.4. The van der Waals surface area contributed by atoms with Crippen LogP contribution in [0.1, 0.15) is 20.3 Å². The van der Waals surface area contributed by atoms with Crippen molar-refractivity contribution in [3.8, 4) is 5.75 Å². The molecule has 1 rings (SSSR count). The summed E-state index contributed by atoms with van der Waals surface area (Å²) >= 11 is 0. The molecule has 0 bridgehead atoms. The number of hydrogen-bond acceptors (Lipinski definition) is 3. The van der Waals surface area contributed by atoms with E-state index >= 15 is 0 Å². The number of rotatable bonds is 8. The van der Waals surface area contributed by atoms with Crippen LogP contribution in [0.2, 0.25) is 0 Å². The zero-order valence-electron chi connectivity index (χ0n) is 11.2. The van der Waals surface area contributed by atoms with E-state index in [9.17, 15) is 0 Å². The Morgan fingerprint density at radius 3 is 2.50 bits per heavy atom. The Morgan fingerprint density at radius 2 is 1.94 bits per heavy atom. The highest BCUT2D eigenvalue weighted by atomic mass is 16.5. The van der Waals surface area contributed by atoms with Gasteiger partial charge < -0.3 is 10.5 Å². The van der Waals surface area contributed by atoms with Gasteiger partial charge in [-0.25, -0.2) is 0 Å². The fraction of sp³-hybridized carbons (Fsp3) is 0.500. The van der Waals surface area contributed by atoms with Crippen molar-refractivity contribution < 1.29 is 4.74 Å². The van der Waals surface area contributed by atoms with Gasteiger partial charge in [0.15, 0.2) is 0 Å². The van der Waals surface area contributed by atoms with Gasteiger partial charge in [0.05, 0.1) is 5.84 Å². The molecular weight excluding hydrogens is 226 g/mol. The molecule has 0 heterocycles. The molecule has 100 valence electrons. The molecule has 18 heavy (non-hydrogen) atoms. The molecule has 1 aromatic rings. The van der Waals surface area contributed by atoms with Gasteiger partial charge in [-0.1, -0.05) is 18.2 Å². The van der Waals surface area contributed by atoms with E-state index in [0.717, 1.165) is 18.8 Å². The first-order valence-corrected chi connectivity index (χ1v) is 6.34. The molecule has 0 saturated heterocycles. The summed E-state index contributed by atoms with van der Waals surface area (Å²) in [5.74, 6) is 1.14. The van der Waals surface area contributed by atoms with Crippen LogP contribution in [-0.4, -0.2) is 36.5 Å². The van der Waals surface area contributed by atoms with Crippen LogP contribution in [0, 0.1) is 5.41 Å². The van der Waals surface area contributed by atoms with Crippen LogP contribution in [-0.2, 0) is 0 Å². The summed E-state index contributed by atoms with van der Waals surface area (Å²) in [6, 6.07) is 10.2. The van der Waals surface area contributed by atoms with Crippen molar-refractivity contribution in [1.82, 2.24) is 4.90 Å². The number of para-hydroxylation sites is 1. The molecule has 0 saturated carbocycles. The molecule has 0 aliphatic rings. The smallest absolute Gasteiger partial charge is 0.119 e. The quantitative estimate of drug-likeness (QED) is 0.548. The average Bonchev–Trinajstić information content (AvgIpc) is 2.34. The fourth-order valence-corrected chi connectivity index (χ4v) is 1.69. The predicted molar refractivity (Wildman–Crippen MR) is 75.2 cm³/mol. The molecule has 0 aliphatic carbocycles. The van der Waals surface area contributed by atoms with Crippen molar-refractivity contribution in [2.75, 3.05) is 19.7 Å². The number of nitrogens with zero attached hydrogens (tertiary/aromatic N) is 1. The zero-order valence-corrected chi connectivity index (χ0v) is 11.2. The summed E-state index contributed by atoms with van der Waals surface area (Å²) in [6.45, 7) is 6.59. The molecular formula is C14H23N3O.